The lowest BCUT2D eigenvalue weighted by Crippen LogP contribution is -2.27. The van der Waals surface area contributed by atoms with Gasteiger partial charge in [0.25, 0.3) is 0 Å². The Labute approximate surface area is 186 Å². The molecule has 1 saturated carbocycles. The number of ether oxygens (including phenoxy) is 2. The largest absolute Gasteiger partial charge is 0.494 e. The van der Waals surface area contributed by atoms with Gasteiger partial charge in [-0.3, -0.25) is 4.79 Å². The van der Waals surface area contributed by atoms with E-state index in [1.54, 1.807) is 14.0 Å². The number of pyridine rings is 1. The minimum Gasteiger partial charge on any atom is -0.494 e. The normalized spacial score (nSPS) is 14.3. The Hall–Kier alpha value is -3.42. The lowest BCUT2D eigenvalue weighted by atomic mass is 9.88. The first kappa shape index (κ1) is 21.8. The molecule has 0 unspecified atom stereocenters. The number of aromatic nitrogens is 3. The van der Waals surface area contributed by atoms with Crippen LogP contribution in [-0.2, 0) is 9.53 Å². The van der Waals surface area contributed by atoms with Crippen molar-refractivity contribution in [3.63, 3.8) is 0 Å². The number of methoxy groups -OCH3 is 1. The van der Waals surface area contributed by atoms with Crippen LogP contribution < -0.4 is 10.1 Å². The number of aryl methyl sites for hydroxylation is 1. The molecular weight excluding hydrogens is 408 g/mol. The summed E-state index contributed by atoms with van der Waals surface area (Å²) in [6.07, 6.45) is 6.33. The maximum Gasteiger partial charge on any atom is 0.343 e. The Morgan fingerprint density at radius 3 is 2.72 bits per heavy atom. The second-order valence-corrected chi connectivity index (χ2v) is 8.02. The zero-order valence-corrected chi connectivity index (χ0v) is 18.7. The molecule has 8 nitrogen and oxygen atoms in total. The van der Waals surface area contributed by atoms with Crippen molar-refractivity contribution < 1.29 is 19.1 Å². The Kier molecular flexibility index (Phi) is 6.39. The quantitative estimate of drug-likeness (QED) is 0.574. The Morgan fingerprint density at radius 2 is 2.00 bits per heavy atom. The average molecular weight is 437 g/mol. The van der Waals surface area contributed by atoms with Crippen molar-refractivity contribution in [2.24, 2.45) is 5.92 Å². The van der Waals surface area contributed by atoms with Crippen molar-refractivity contribution in [3.8, 4) is 11.6 Å². The lowest BCUT2D eigenvalue weighted by Gasteiger charge is -2.21. The van der Waals surface area contributed by atoms with Crippen LogP contribution in [-0.4, -0.2) is 40.4 Å². The highest BCUT2D eigenvalue weighted by Crippen LogP contribution is 2.30. The number of amides is 1. The van der Waals surface area contributed by atoms with Gasteiger partial charge in [0.2, 0.25) is 5.91 Å². The molecule has 32 heavy (non-hydrogen) atoms. The van der Waals surface area contributed by atoms with Crippen LogP contribution in [0.3, 0.4) is 0 Å². The summed E-state index contributed by atoms with van der Waals surface area (Å²) in [5.41, 5.74) is 1.86. The molecule has 2 heterocycles. The molecule has 1 aliphatic rings. The highest BCUT2D eigenvalue weighted by molar-refractivity contribution is 6.01. The summed E-state index contributed by atoms with van der Waals surface area (Å²) in [4.78, 5) is 30.3. The molecule has 0 atom stereocenters. The van der Waals surface area contributed by atoms with Gasteiger partial charge < -0.3 is 14.8 Å². The average Bonchev–Trinajstić information content (AvgIpc) is 3.23. The van der Waals surface area contributed by atoms with Crippen molar-refractivity contribution in [2.75, 3.05) is 19.0 Å². The number of nitrogens with one attached hydrogen (secondary N) is 1. The molecule has 4 rings (SSSR count). The van der Waals surface area contributed by atoms with Crippen LogP contribution in [0.2, 0.25) is 0 Å². The number of hydrogen-bond donors (Lipinski definition) is 1. The molecule has 1 amide bonds. The number of benzene rings is 1. The van der Waals surface area contributed by atoms with E-state index in [9.17, 15) is 9.59 Å². The standard InChI is InChI=1S/C24H28N4O4/c1-4-32-24(30)18-14-25-28(22(18)27-23(29)16-9-6-5-7-10-16)20-13-15(2)17-11-8-12-19(31-3)21(17)26-20/h8,11-14,16H,4-7,9-10H2,1-3H3,(H,27,29). The summed E-state index contributed by atoms with van der Waals surface area (Å²) in [5, 5.41) is 8.30. The second kappa shape index (κ2) is 9.38. The van der Waals surface area contributed by atoms with Crippen LogP contribution >= 0.6 is 0 Å². The molecule has 2 aromatic heterocycles. The third kappa shape index (κ3) is 4.17. The molecule has 0 spiro atoms. The van der Waals surface area contributed by atoms with Crippen molar-refractivity contribution in [1.82, 2.24) is 14.8 Å². The molecule has 0 saturated heterocycles. The fourth-order valence-corrected chi connectivity index (χ4v) is 4.23. The van der Waals surface area contributed by atoms with Gasteiger partial charge in [0.1, 0.15) is 16.8 Å². The number of carbonyl (C=O) groups excluding carboxylic acids is 2. The maximum absolute atomic E-state index is 13.0. The number of carbonyl (C=O) groups is 2. The second-order valence-electron chi connectivity index (χ2n) is 8.02. The molecular formula is C24H28N4O4. The summed E-state index contributed by atoms with van der Waals surface area (Å²) in [7, 11) is 1.60. The van der Waals surface area contributed by atoms with Gasteiger partial charge in [-0.25, -0.2) is 9.78 Å². The smallest absolute Gasteiger partial charge is 0.343 e. The third-order valence-electron chi connectivity index (χ3n) is 5.91. The van der Waals surface area contributed by atoms with E-state index >= 15 is 0 Å². The summed E-state index contributed by atoms with van der Waals surface area (Å²) in [6, 6.07) is 7.61. The monoisotopic (exact) mass is 436 g/mol. The van der Waals surface area contributed by atoms with Gasteiger partial charge in [-0.2, -0.15) is 9.78 Å². The topological polar surface area (TPSA) is 95.3 Å². The van der Waals surface area contributed by atoms with E-state index < -0.39 is 5.97 Å². The molecule has 1 aromatic carbocycles. The SMILES string of the molecule is CCOC(=O)c1cnn(-c2cc(C)c3cccc(OC)c3n2)c1NC(=O)C1CCCCC1. The van der Waals surface area contributed by atoms with Crippen LogP contribution in [0.5, 0.6) is 5.75 Å². The molecule has 168 valence electrons. The van der Waals surface area contributed by atoms with E-state index in [2.05, 4.69) is 10.4 Å². The van der Waals surface area contributed by atoms with E-state index in [0.29, 0.717) is 17.1 Å². The van der Waals surface area contributed by atoms with E-state index in [4.69, 9.17) is 14.5 Å². The minimum atomic E-state index is -0.534. The summed E-state index contributed by atoms with van der Waals surface area (Å²) in [6.45, 7) is 3.94. The third-order valence-corrected chi connectivity index (χ3v) is 5.91. The summed E-state index contributed by atoms with van der Waals surface area (Å²) in [5.74, 6) is 0.681. The van der Waals surface area contributed by atoms with Crippen LogP contribution in [0.1, 0.15) is 54.9 Å². The van der Waals surface area contributed by atoms with E-state index in [1.165, 1.54) is 10.9 Å². The molecule has 0 aliphatic heterocycles. The highest BCUT2D eigenvalue weighted by atomic mass is 16.5. The van der Waals surface area contributed by atoms with Crippen LogP contribution in [0.4, 0.5) is 5.82 Å². The van der Waals surface area contributed by atoms with Crippen LogP contribution in [0.15, 0.2) is 30.5 Å². The Balaban J connectivity index is 1.80. The first-order valence-electron chi connectivity index (χ1n) is 11.0. The minimum absolute atomic E-state index is 0.0754. The zero-order chi connectivity index (χ0) is 22.7. The number of anilines is 1. The number of nitrogens with zero attached hydrogens (tertiary/aromatic N) is 3. The van der Waals surface area contributed by atoms with E-state index in [-0.39, 0.29) is 29.8 Å². The number of fused-ring (bicyclic) bond motifs is 1. The molecule has 3 aromatic rings. The maximum atomic E-state index is 13.0. The number of hydrogen-bond acceptors (Lipinski definition) is 6. The van der Waals surface area contributed by atoms with Crippen LogP contribution in [0.25, 0.3) is 16.7 Å². The number of esters is 1. The number of para-hydroxylation sites is 1. The fourth-order valence-electron chi connectivity index (χ4n) is 4.23. The van der Waals surface area contributed by atoms with Gasteiger partial charge in [0.15, 0.2) is 11.6 Å². The van der Waals surface area contributed by atoms with Gasteiger partial charge in [0, 0.05) is 11.3 Å². The number of rotatable bonds is 6. The fraction of sp³-hybridized carbons (Fsp3) is 0.417. The van der Waals surface area contributed by atoms with Crippen molar-refractivity contribution in [1.29, 1.82) is 0 Å². The molecule has 8 heteroatoms. The van der Waals surface area contributed by atoms with Gasteiger partial charge in [-0.1, -0.05) is 31.4 Å². The predicted octanol–water partition coefficient (Wildman–Crippen LogP) is 4.43. The molecule has 0 radical (unpaired) electrons. The first-order valence-corrected chi connectivity index (χ1v) is 11.0. The summed E-state index contributed by atoms with van der Waals surface area (Å²) < 4.78 is 12.2. The van der Waals surface area contributed by atoms with Gasteiger partial charge in [-0.05, 0) is 44.4 Å². The van der Waals surface area contributed by atoms with Crippen molar-refractivity contribution in [2.45, 2.75) is 46.0 Å². The summed E-state index contributed by atoms with van der Waals surface area (Å²) >= 11 is 0. The van der Waals surface area contributed by atoms with E-state index in [0.717, 1.165) is 43.1 Å². The van der Waals surface area contributed by atoms with Crippen LogP contribution in [0, 0.1) is 12.8 Å². The van der Waals surface area contributed by atoms with Gasteiger partial charge in [-0.15, -0.1) is 0 Å². The lowest BCUT2D eigenvalue weighted by molar-refractivity contribution is -0.120. The van der Waals surface area contributed by atoms with Gasteiger partial charge >= 0.3 is 5.97 Å². The Morgan fingerprint density at radius 1 is 1.22 bits per heavy atom. The molecule has 1 fully saturated rings. The zero-order valence-electron chi connectivity index (χ0n) is 18.7. The molecule has 0 bridgehead atoms. The first-order chi connectivity index (χ1) is 15.5. The predicted molar refractivity (Wildman–Crippen MR) is 121 cm³/mol. The Bertz CT molecular complexity index is 1150. The van der Waals surface area contributed by atoms with Crippen molar-refractivity contribution in [3.05, 3.63) is 41.6 Å². The van der Waals surface area contributed by atoms with Gasteiger partial charge in [0.05, 0.1) is 19.9 Å². The highest BCUT2D eigenvalue weighted by Gasteiger charge is 2.27. The van der Waals surface area contributed by atoms with Crippen molar-refractivity contribution >= 4 is 28.6 Å². The molecule has 1 aliphatic carbocycles. The van der Waals surface area contributed by atoms with E-state index in [1.807, 2.05) is 31.2 Å². The molecule has 1 N–H and O–H groups in total.